The summed E-state index contributed by atoms with van der Waals surface area (Å²) < 4.78 is 4.90. The van der Waals surface area contributed by atoms with Crippen LogP contribution in [0.1, 0.15) is 5.56 Å². The van der Waals surface area contributed by atoms with E-state index in [4.69, 9.17) is 10.6 Å². The maximum absolute atomic E-state index is 5.01. The molecule has 0 fully saturated rings. The fourth-order valence-corrected chi connectivity index (χ4v) is 0.809. The van der Waals surface area contributed by atoms with Crippen LogP contribution in [0, 0.1) is 6.92 Å². The molecule has 0 atom stereocenters. The molecule has 2 N–H and O–H groups in total. The number of pyridine rings is 1. The fraction of sp³-hybridized carbons (Fsp3) is 0.286. The van der Waals surface area contributed by atoms with Gasteiger partial charge in [-0.2, -0.15) is 5.90 Å². The van der Waals surface area contributed by atoms with Crippen molar-refractivity contribution in [3.05, 3.63) is 17.8 Å². The van der Waals surface area contributed by atoms with Gasteiger partial charge >= 0.3 is 0 Å². The molecular formula is C7H10N2O2. The highest BCUT2D eigenvalue weighted by Gasteiger charge is 2.06. The molecule has 0 radical (unpaired) electrons. The lowest BCUT2D eigenvalue weighted by molar-refractivity contribution is 0.297. The van der Waals surface area contributed by atoms with Crippen LogP contribution >= 0.6 is 0 Å². The predicted octanol–water partition coefficient (Wildman–Crippen LogP) is 0.651. The molecule has 0 bridgehead atoms. The van der Waals surface area contributed by atoms with Crippen molar-refractivity contribution in [2.75, 3.05) is 7.11 Å². The van der Waals surface area contributed by atoms with Crippen LogP contribution in [-0.4, -0.2) is 12.1 Å². The molecule has 4 heteroatoms. The van der Waals surface area contributed by atoms with Gasteiger partial charge in [-0.1, -0.05) is 0 Å². The minimum atomic E-state index is 0.410. The van der Waals surface area contributed by atoms with Crippen LogP contribution in [0.5, 0.6) is 11.6 Å². The second-order valence-electron chi connectivity index (χ2n) is 2.08. The number of hydrogen-bond acceptors (Lipinski definition) is 4. The van der Waals surface area contributed by atoms with Gasteiger partial charge in [-0.15, -0.1) is 0 Å². The molecule has 0 spiro atoms. The van der Waals surface area contributed by atoms with Crippen molar-refractivity contribution in [2.24, 2.45) is 5.90 Å². The lowest BCUT2D eigenvalue weighted by Gasteiger charge is -2.06. The Kier molecular flexibility index (Phi) is 2.28. The molecule has 60 valence electrons. The van der Waals surface area contributed by atoms with Gasteiger partial charge in [-0.05, 0) is 13.0 Å². The second-order valence-corrected chi connectivity index (χ2v) is 2.08. The standard InChI is InChI=1S/C7H10N2O2/c1-5-3-4-9-7(10-2)6(5)11-8/h3-4H,8H2,1-2H3. The average molecular weight is 154 g/mol. The molecule has 4 nitrogen and oxygen atoms in total. The summed E-state index contributed by atoms with van der Waals surface area (Å²) in [5, 5.41) is 0. The maximum atomic E-state index is 5.01. The largest absolute Gasteiger partial charge is 0.478 e. The van der Waals surface area contributed by atoms with Crippen LogP contribution in [0.3, 0.4) is 0 Å². The summed E-state index contributed by atoms with van der Waals surface area (Å²) in [5.74, 6) is 5.90. The predicted molar refractivity (Wildman–Crippen MR) is 40.3 cm³/mol. The van der Waals surface area contributed by atoms with Crippen molar-refractivity contribution in [3.8, 4) is 11.6 Å². The van der Waals surface area contributed by atoms with Crippen LogP contribution in [-0.2, 0) is 0 Å². The normalized spacial score (nSPS) is 9.36. The monoisotopic (exact) mass is 154 g/mol. The van der Waals surface area contributed by atoms with E-state index in [1.54, 1.807) is 12.3 Å². The van der Waals surface area contributed by atoms with E-state index < -0.39 is 0 Å². The number of ether oxygens (including phenoxy) is 1. The third-order valence-corrected chi connectivity index (χ3v) is 1.38. The Hall–Kier alpha value is -1.29. The van der Waals surface area contributed by atoms with Gasteiger partial charge in [0.15, 0.2) is 0 Å². The number of aromatic nitrogens is 1. The minimum Gasteiger partial charge on any atom is -0.478 e. The first-order valence-corrected chi connectivity index (χ1v) is 3.16. The van der Waals surface area contributed by atoms with E-state index in [2.05, 4.69) is 9.82 Å². The van der Waals surface area contributed by atoms with Crippen molar-refractivity contribution in [1.29, 1.82) is 0 Å². The van der Waals surface area contributed by atoms with Crippen molar-refractivity contribution in [1.82, 2.24) is 4.98 Å². The van der Waals surface area contributed by atoms with E-state index in [1.165, 1.54) is 7.11 Å². The van der Waals surface area contributed by atoms with Crippen molar-refractivity contribution in [3.63, 3.8) is 0 Å². The molecule has 0 aliphatic heterocycles. The molecule has 0 aliphatic carbocycles. The second kappa shape index (κ2) is 3.21. The zero-order chi connectivity index (χ0) is 8.27. The molecule has 1 aromatic rings. The van der Waals surface area contributed by atoms with E-state index in [1.807, 2.05) is 6.92 Å². The topological polar surface area (TPSA) is 57.4 Å². The molecule has 11 heavy (non-hydrogen) atoms. The Balaban J connectivity index is 3.13. The molecule has 0 aliphatic rings. The molecule has 0 amide bonds. The number of aryl methyl sites for hydroxylation is 1. The van der Waals surface area contributed by atoms with Gasteiger partial charge in [0.1, 0.15) is 0 Å². The van der Waals surface area contributed by atoms with E-state index >= 15 is 0 Å². The highest BCUT2D eigenvalue weighted by molar-refractivity contribution is 5.39. The van der Waals surface area contributed by atoms with Crippen LogP contribution < -0.4 is 15.5 Å². The molecule has 0 unspecified atom stereocenters. The summed E-state index contributed by atoms with van der Waals surface area (Å²) in [6.45, 7) is 1.87. The average Bonchev–Trinajstić information content (AvgIpc) is 2.04. The van der Waals surface area contributed by atoms with E-state index in [0.29, 0.717) is 11.6 Å². The van der Waals surface area contributed by atoms with Gasteiger partial charge in [0.2, 0.25) is 5.75 Å². The van der Waals surface area contributed by atoms with E-state index in [9.17, 15) is 0 Å². The summed E-state index contributed by atoms with van der Waals surface area (Å²) in [7, 11) is 1.52. The molecule has 0 saturated carbocycles. The fourth-order valence-electron chi connectivity index (χ4n) is 0.809. The minimum absolute atomic E-state index is 0.410. The van der Waals surface area contributed by atoms with Gasteiger partial charge in [0.25, 0.3) is 5.88 Å². The summed E-state index contributed by atoms with van der Waals surface area (Å²) >= 11 is 0. The molecule has 1 aromatic heterocycles. The zero-order valence-electron chi connectivity index (χ0n) is 6.50. The third-order valence-electron chi connectivity index (χ3n) is 1.38. The molecule has 0 aromatic carbocycles. The smallest absolute Gasteiger partial charge is 0.259 e. The Bertz CT molecular complexity index is 250. The summed E-state index contributed by atoms with van der Waals surface area (Å²) in [4.78, 5) is 8.48. The Morgan fingerprint density at radius 2 is 2.27 bits per heavy atom. The van der Waals surface area contributed by atoms with Gasteiger partial charge in [-0.25, -0.2) is 4.98 Å². The van der Waals surface area contributed by atoms with Crippen LogP contribution in [0.25, 0.3) is 0 Å². The van der Waals surface area contributed by atoms with Crippen molar-refractivity contribution >= 4 is 0 Å². The van der Waals surface area contributed by atoms with E-state index in [0.717, 1.165) is 5.56 Å². The molecule has 0 saturated heterocycles. The van der Waals surface area contributed by atoms with Crippen molar-refractivity contribution < 1.29 is 9.57 Å². The van der Waals surface area contributed by atoms with Gasteiger partial charge < -0.3 is 9.57 Å². The molecule has 1 rings (SSSR count). The molecular weight excluding hydrogens is 144 g/mol. The SMILES string of the molecule is COc1nccc(C)c1ON. The maximum Gasteiger partial charge on any atom is 0.259 e. The Labute approximate surface area is 64.9 Å². The zero-order valence-corrected chi connectivity index (χ0v) is 6.50. The van der Waals surface area contributed by atoms with Crippen LogP contribution in [0.4, 0.5) is 0 Å². The van der Waals surface area contributed by atoms with E-state index in [-0.39, 0.29) is 0 Å². The number of rotatable bonds is 2. The van der Waals surface area contributed by atoms with Gasteiger partial charge in [-0.3, -0.25) is 0 Å². The highest BCUT2D eigenvalue weighted by atomic mass is 16.6. The lowest BCUT2D eigenvalue weighted by Crippen LogP contribution is -2.05. The molecule has 1 heterocycles. The van der Waals surface area contributed by atoms with Gasteiger partial charge in [0.05, 0.1) is 7.11 Å². The number of nitrogens with two attached hydrogens (primary N) is 1. The Morgan fingerprint density at radius 1 is 1.55 bits per heavy atom. The van der Waals surface area contributed by atoms with Crippen LogP contribution in [0.2, 0.25) is 0 Å². The van der Waals surface area contributed by atoms with Crippen molar-refractivity contribution in [2.45, 2.75) is 6.92 Å². The summed E-state index contributed by atoms with van der Waals surface area (Å²) in [6.07, 6.45) is 1.64. The summed E-state index contributed by atoms with van der Waals surface area (Å²) in [6, 6.07) is 1.80. The Morgan fingerprint density at radius 3 is 2.73 bits per heavy atom. The quantitative estimate of drug-likeness (QED) is 0.635. The first-order chi connectivity index (χ1) is 5.29. The third kappa shape index (κ3) is 1.40. The van der Waals surface area contributed by atoms with Gasteiger partial charge in [0, 0.05) is 11.8 Å². The number of nitrogens with zero attached hydrogens (tertiary/aromatic N) is 1. The summed E-state index contributed by atoms with van der Waals surface area (Å²) in [5.41, 5.74) is 0.902. The number of methoxy groups -OCH3 is 1. The lowest BCUT2D eigenvalue weighted by atomic mass is 10.3. The highest BCUT2D eigenvalue weighted by Crippen LogP contribution is 2.25. The number of hydrogen-bond donors (Lipinski definition) is 1. The first kappa shape index (κ1) is 7.81. The van der Waals surface area contributed by atoms with Crippen LogP contribution in [0.15, 0.2) is 12.3 Å². The first-order valence-electron chi connectivity index (χ1n) is 3.16.